The fourth-order valence-electron chi connectivity index (χ4n) is 2.92. The summed E-state index contributed by atoms with van der Waals surface area (Å²) in [5, 5.41) is 3.77. The molecule has 2 fully saturated rings. The van der Waals surface area contributed by atoms with Gasteiger partial charge in [-0.1, -0.05) is 18.0 Å². The summed E-state index contributed by atoms with van der Waals surface area (Å²) in [6, 6.07) is 4.87. The molecule has 1 atom stereocenters. The van der Waals surface area contributed by atoms with Crippen molar-refractivity contribution in [1.82, 2.24) is 10.2 Å². The van der Waals surface area contributed by atoms with E-state index in [4.69, 9.17) is 11.6 Å². The lowest BCUT2D eigenvalue weighted by Crippen LogP contribution is -2.46. The molecule has 2 aliphatic rings. The number of nitrogens with one attached hydrogen (secondary N) is 1. The lowest BCUT2D eigenvalue weighted by Gasteiger charge is -2.31. The van der Waals surface area contributed by atoms with Gasteiger partial charge in [0.1, 0.15) is 5.82 Å². The van der Waals surface area contributed by atoms with E-state index < -0.39 is 5.82 Å². The van der Waals surface area contributed by atoms with Crippen molar-refractivity contribution < 1.29 is 9.18 Å². The molecule has 21 heavy (non-hydrogen) atoms. The van der Waals surface area contributed by atoms with Crippen molar-refractivity contribution in [1.29, 1.82) is 0 Å². The third-order valence-corrected chi connectivity index (χ3v) is 4.47. The molecule has 3 nitrogen and oxygen atoms in total. The predicted molar refractivity (Wildman–Crippen MR) is 81.1 cm³/mol. The third kappa shape index (κ3) is 3.55. The summed E-state index contributed by atoms with van der Waals surface area (Å²) in [4.78, 5) is 14.5. The first-order valence-electron chi connectivity index (χ1n) is 7.64. The largest absolute Gasteiger partial charge is 0.334 e. The SMILES string of the molecule is O=C(c1ccc(Cl)cc1F)N(CC1CCCCN1)C1CC1. The molecule has 1 aliphatic carbocycles. The van der Waals surface area contributed by atoms with Crippen molar-refractivity contribution in [2.45, 2.75) is 44.2 Å². The average molecular weight is 311 g/mol. The van der Waals surface area contributed by atoms with Crippen LogP contribution in [-0.2, 0) is 0 Å². The zero-order valence-corrected chi connectivity index (χ0v) is 12.7. The molecular formula is C16H20ClFN2O. The summed E-state index contributed by atoms with van der Waals surface area (Å²) in [5.41, 5.74) is 0.127. The number of nitrogens with zero attached hydrogens (tertiary/aromatic N) is 1. The number of rotatable bonds is 4. The van der Waals surface area contributed by atoms with E-state index in [0.717, 1.165) is 25.8 Å². The summed E-state index contributed by atoms with van der Waals surface area (Å²) in [6.07, 6.45) is 5.51. The van der Waals surface area contributed by atoms with Gasteiger partial charge in [0.05, 0.1) is 5.56 Å². The monoisotopic (exact) mass is 310 g/mol. The Labute approximate surface area is 129 Å². The molecule has 1 saturated heterocycles. The van der Waals surface area contributed by atoms with Crippen LogP contribution in [-0.4, -0.2) is 36.0 Å². The predicted octanol–water partition coefficient (Wildman–Crippen LogP) is 3.23. The Morgan fingerprint density at radius 3 is 2.76 bits per heavy atom. The molecule has 1 unspecified atom stereocenters. The lowest BCUT2D eigenvalue weighted by atomic mass is 10.0. The molecule has 1 aliphatic heterocycles. The molecule has 3 rings (SSSR count). The summed E-state index contributed by atoms with van der Waals surface area (Å²) in [5.74, 6) is -0.742. The van der Waals surface area contributed by atoms with Gasteiger partial charge in [0.15, 0.2) is 0 Å². The van der Waals surface area contributed by atoms with E-state index in [-0.39, 0.29) is 17.5 Å². The second kappa shape index (κ2) is 6.32. The Balaban J connectivity index is 1.75. The van der Waals surface area contributed by atoms with Crippen LogP contribution in [0, 0.1) is 5.82 Å². The minimum absolute atomic E-state index is 0.127. The standard InChI is InChI=1S/C16H20ClFN2O/c17-11-4-7-14(15(18)9-11)16(21)20(13-5-6-13)10-12-3-1-2-8-19-12/h4,7,9,12-13,19H,1-3,5-6,8,10H2. The van der Waals surface area contributed by atoms with Crippen LogP contribution < -0.4 is 5.32 Å². The van der Waals surface area contributed by atoms with Gasteiger partial charge in [0.2, 0.25) is 0 Å². The highest BCUT2D eigenvalue weighted by atomic mass is 35.5. The molecular weight excluding hydrogens is 291 g/mol. The van der Waals surface area contributed by atoms with Gasteiger partial charge >= 0.3 is 0 Å². The summed E-state index contributed by atoms with van der Waals surface area (Å²) in [6.45, 7) is 1.68. The number of carbonyl (C=O) groups excluding carboxylic acids is 1. The molecule has 1 heterocycles. The van der Waals surface area contributed by atoms with E-state index in [2.05, 4.69) is 5.32 Å². The maximum absolute atomic E-state index is 14.0. The Morgan fingerprint density at radius 2 is 2.14 bits per heavy atom. The zero-order chi connectivity index (χ0) is 14.8. The van der Waals surface area contributed by atoms with Gasteiger partial charge in [0.25, 0.3) is 5.91 Å². The topological polar surface area (TPSA) is 32.3 Å². The van der Waals surface area contributed by atoms with Crippen molar-refractivity contribution in [2.75, 3.05) is 13.1 Å². The van der Waals surface area contributed by atoms with Crippen molar-refractivity contribution in [2.24, 2.45) is 0 Å². The van der Waals surface area contributed by atoms with Crippen molar-refractivity contribution in [3.05, 3.63) is 34.6 Å². The smallest absolute Gasteiger partial charge is 0.257 e. The number of amides is 1. The van der Waals surface area contributed by atoms with Crippen molar-refractivity contribution in [3.8, 4) is 0 Å². The molecule has 1 N–H and O–H groups in total. The Bertz CT molecular complexity index is 527. The number of carbonyl (C=O) groups is 1. The molecule has 0 aromatic heterocycles. The fourth-order valence-corrected chi connectivity index (χ4v) is 3.08. The van der Waals surface area contributed by atoms with E-state index in [1.54, 1.807) is 6.07 Å². The quantitative estimate of drug-likeness (QED) is 0.926. The van der Waals surface area contributed by atoms with Crippen LogP contribution in [0.15, 0.2) is 18.2 Å². The molecule has 1 saturated carbocycles. The molecule has 0 bridgehead atoms. The minimum atomic E-state index is -0.533. The van der Waals surface area contributed by atoms with E-state index >= 15 is 0 Å². The summed E-state index contributed by atoms with van der Waals surface area (Å²) in [7, 11) is 0. The molecule has 1 aromatic rings. The first-order valence-corrected chi connectivity index (χ1v) is 8.02. The van der Waals surface area contributed by atoms with Crippen LogP contribution in [0.4, 0.5) is 4.39 Å². The number of benzene rings is 1. The first kappa shape index (κ1) is 14.8. The Hall–Kier alpha value is -1.13. The highest BCUT2D eigenvalue weighted by molar-refractivity contribution is 6.30. The molecule has 1 amide bonds. The maximum atomic E-state index is 14.0. The lowest BCUT2D eigenvalue weighted by molar-refractivity contribution is 0.0713. The number of hydrogen-bond acceptors (Lipinski definition) is 2. The van der Waals surface area contributed by atoms with E-state index in [1.807, 2.05) is 4.90 Å². The molecule has 114 valence electrons. The van der Waals surface area contributed by atoms with Gasteiger partial charge in [-0.3, -0.25) is 4.79 Å². The van der Waals surface area contributed by atoms with Gasteiger partial charge in [0, 0.05) is 23.7 Å². The number of halogens is 2. The fraction of sp³-hybridized carbons (Fsp3) is 0.562. The second-order valence-electron chi connectivity index (χ2n) is 5.96. The maximum Gasteiger partial charge on any atom is 0.257 e. The van der Waals surface area contributed by atoms with Crippen LogP contribution in [0.3, 0.4) is 0 Å². The van der Waals surface area contributed by atoms with E-state index in [0.29, 0.717) is 17.6 Å². The molecule has 1 aromatic carbocycles. The van der Waals surface area contributed by atoms with Crippen LogP contribution in [0.5, 0.6) is 0 Å². The van der Waals surface area contributed by atoms with Crippen molar-refractivity contribution >= 4 is 17.5 Å². The van der Waals surface area contributed by atoms with Crippen LogP contribution in [0.25, 0.3) is 0 Å². The van der Waals surface area contributed by atoms with Gasteiger partial charge in [-0.2, -0.15) is 0 Å². The van der Waals surface area contributed by atoms with Crippen LogP contribution in [0.2, 0.25) is 5.02 Å². The van der Waals surface area contributed by atoms with E-state index in [9.17, 15) is 9.18 Å². The Morgan fingerprint density at radius 1 is 1.33 bits per heavy atom. The van der Waals surface area contributed by atoms with Gasteiger partial charge in [-0.25, -0.2) is 4.39 Å². The first-order chi connectivity index (χ1) is 10.1. The van der Waals surface area contributed by atoms with Gasteiger partial charge in [-0.15, -0.1) is 0 Å². The number of piperidine rings is 1. The summed E-state index contributed by atoms with van der Waals surface area (Å²) < 4.78 is 14.0. The molecule has 0 radical (unpaired) electrons. The number of hydrogen-bond donors (Lipinski definition) is 1. The highest BCUT2D eigenvalue weighted by Gasteiger charge is 2.35. The van der Waals surface area contributed by atoms with E-state index in [1.165, 1.54) is 25.0 Å². The average Bonchev–Trinajstić information content (AvgIpc) is 3.30. The third-order valence-electron chi connectivity index (χ3n) is 4.24. The Kier molecular flexibility index (Phi) is 4.45. The normalized spacial score (nSPS) is 22.1. The van der Waals surface area contributed by atoms with Crippen LogP contribution in [0.1, 0.15) is 42.5 Å². The van der Waals surface area contributed by atoms with Gasteiger partial charge in [-0.05, 0) is 50.4 Å². The molecule has 5 heteroatoms. The highest BCUT2D eigenvalue weighted by Crippen LogP contribution is 2.30. The van der Waals surface area contributed by atoms with Gasteiger partial charge < -0.3 is 10.2 Å². The van der Waals surface area contributed by atoms with Crippen LogP contribution >= 0.6 is 11.6 Å². The second-order valence-corrected chi connectivity index (χ2v) is 6.40. The van der Waals surface area contributed by atoms with Crippen molar-refractivity contribution in [3.63, 3.8) is 0 Å². The minimum Gasteiger partial charge on any atom is -0.334 e. The zero-order valence-electron chi connectivity index (χ0n) is 11.9. The summed E-state index contributed by atoms with van der Waals surface area (Å²) >= 11 is 5.76. The molecule has 0 spiro atoms.